The van der Waals surface area contributed by atoms with Gasteiger partial charge in [0.2, 0.25) is 0 Å². The van der Waals surface area contributed by atoms with Crippen molar-refractivity contribution in [3.8, 4) is 0 Å². The molecule has 0 fully saturated rings. The van der Waals surface area contributed by atoms with Crippen LogP contribution in [0.4, 0.5) is 13.2 Å². The molecule has 0 aliphatic rings. The Bertz CT molecular complexity index is 672. The van der Waals surface area contributed by atoms with E-state index in [-0.39, 0.29) is 0 Å². The fraction of sp³-hybridized carbons (Fsp3) is 0.143. The molecule has 2 aromatic rings. The van der Waals surface area contributed by atoms with Gasteiger partial charge in [-0.25, -0.2) is 0 Å². The molecule has 21 heavy (non-hydrogen) atoms. The minimum absolute atomic E-state index is 0.349. The summed E-state index contributed by atoms with van der Waals surface area (Å²) in [6.45, 7) is 0. The van der Waals surface area contributed by atoms with Crippen molar-refractivity contribution in [2.45, 2.75) is 11.0 Å². The van der Waals surface area contributed by atoms with E-state index in [1.54, 1.807) is 18.2 Å². The van der Waals surface area contributed by atoms with Crippen molar-refractivity contribution in [1.82, 2.24) is 0 Å². The van der Waals surface area contributed by atoms with Gasteiger partial charge in [-0.1, -0.05) is 61.1 Å². The lowest BCUT2D eigenvalue weighted by Gasteiger charge is -2.16. The van der Waals surface area contributed by atoms with Crippen molar-refractivity contribution >= 4 is 55.1 Å². The monoisotopic (exact) mass is 460 g/mol. The molecule has 2 rings (SSSR count). The Labute approximate surface area is 146 Å². The van der Waals surface area contributed by atoms with Crippen molar-refractivity contribution in [3.63, 3.8) is 0 Å². The highest BCUT2D eigenvalue weighted by atomic mass is 79.9. The molecule has 0 bridgehead atoms. The van der Waals surface area contributed by atoms with Gasteiger partial charge in [-0.15, -0.1) is 0 Å². The molecular weight excluding hydrogens is 456 g/mol. The first-order valence-electron chi connectivity index (χ1n) is 5.66. The molecule has 2 aromatic carbocycles. The van der Waals surface area contributed by atoms with Crippen LogP contribution in [0.15, 0.2) is 40.9 Å². The van der Waals surface area contributed by atoms with Crippen molar-refractivity contribution in [2.24, 2.45) is 0 Å². The zero-order valence-electron chi connectivity index (χ0n) is 10.2. The average Bonchev–Trinajstić information content (AvgIpc) is 2.40. The van der Waals surface area contributed by atoms with Crippen LogP contribution in [-0.4, -0.2) is 0 Å². The van der Waals surface area contributed by atoms with Crippen LogP contribution < -0.4 is 0 Å². The normalized spacial score (nSPS) is 13.3. The zero-order valence-corrected chi connectivity index (χ0v) is 14.9. The largest absolute Gasteiger partial charge is 0.416 e. The van der Waals surface area contributed by atoms with Crippen LogP contribution in [0.1, 0.15) is 21.5 Å². The van der Waals surface area contributed by atoms with Crippen LogP contribution in [0.25, 0.3) is 0 Å². The van der Waals surface area contributed by atoms with Crippen LogP contribution in [0.5, 0.6) is 0 Å². The Hall–Kier alpha value is -0.230. The van der Waals surface area contributed by atoms with Gasteiger partial charge in [0, 0.05) is 4.47 Å². The van der Waals surface area contributed by atoms with Gasteiger partial charge >= 0.3 is 6.18 Å². The number of alkyl halides is 4. The minimum atomic E-state index is -4.39. The number of hydrogen-bond donors (Lipinski definition) is 0. The Kier molecular flexibility index (Phi) is 5.29. The summed E-state index contributed by atoms with van der Waals surface area (Å²) in [5.74, 6) is 0. The van der Waals surface area contributed by atoms with Crippen LogP contribution in [0.2, 0.25) is 10.0 Å². The quantitative estimate of drug-likeness (QED) is 0.412. The third kappa shape index (κ3) is 3.95. The SMILES string of the molecule is FC(F)(F)c1ccc(Br)c(C(Br)c2ccc(Cl)c(Cl)c2)c1. The molecular formula is C14H7Br2Cl2F3. The lowest BCUT2D eigenvalue weighted by Crippen LogP contribution is -2.06. The summed E-state index contributed by atoms with van der Waals surface area (Å²) in [5.41, 5.74) is 0.470. The molecule has 0 saturated heterocycles. The van der Waals surface area contributed by atoms with Gasteiger partial charge in [0.15, 0.2) is 0 Å². The maximum absolute atomic E-state index is 12.8. The molecule has 0 aliphatic carbocycles. The van der Waals surface area contributed by atoms with E-state index in [1.165, 1.54) is 6.07 Å². The van der Waals surface area contributed by atoms with E-state index in [4.69, 9.17) is 23.2 Å². The molecule has 0 spiro atoms. The van der Waals surface area contributed by atoms with E-state index in [1.807, 2.05) is 0 Å². The lowest BCUT2D eigenvalue weighted by molar-refractivity contribution is -0.137. The standard InChI is InChI=1S/C14H7Br2Cl2F3/c15-10-3-2-8(14(19,20)21)6-9(10)13(16)7-1-4-11(17)12(18)5-7/h1-6,13H. The maximum atomic E-state index is 12.8. The summed E-state index contributed by atoms with van der Waals surface area (Å²) in [4.78, 5) is -0.441. The summed E-state index contributed by atoms with van der Waals surface area (Å²) in [5, 5.41) is 0.741. The number of halogens is 7. The van der Waals surface area contributed by atoms with Gasteiger partial charge in [0.05, 0.1) is 20.4 Å². The molecule has 0 radical (unpaired) electrons. The van der Waals surface area contributed by atoms with Crippen molar-refractivity contribution < 1.29 is 13.2 Å². The predicted octanol–water partition coefficient (Wildman–Crippen LogP) is 7.26. The van der Waals surface area contributed by atoms with Crippen LogP contribution in [0, 0.1) is 0 Å². The number of hydrogen-bond acceptors (Lipinski definition) is 0. The predicted molar refractivity (Wildman–Crippen MR) is 86.4 cm³/mol. The Morgan fingerprint density at radius 3 is 2.19 bits per heavy atom. The highest BCUT2D eigenvalue weighted by molar-refractivity contribution is 9.11. The second kappa shape index (κ2) is 6.49. The molecule has 0 saturated carbocycles. The lowest BCUT2D eigenvalue weighted by atomic mass is 10.0. The fourth-order valence-electron chi connectivity index (χ4n) is 1.76. The summed E-state index contributed by atoms with van der Waals surface area (Å²) < 4.78 is 39.0. The first-order valence-corrected chi connectivity index (χ1v) is 8.12. The summed E-state index contributed by atoms with van der Waals surface area (Å²) in [7, 11) is 0. The van der Waals surface area contributed by atoms with Gasteiger partial charge in [-0.2, -0.15) is 13.2 Å². The van der Waals surface area contributed by atoms with Gasteiger partial charge in [-0.05, 0) is 41.5 Å². The van der Waals surface area contributed by atoms with Gasteiger partial charge in [0.25, 0.3) is 0 Å². The molecule has 0 heterocycles. The van der Waals surface area contributed by atoms with Crippen LogP contribution >= 0.6 is 55.1 Å². The zero-order chi connectivity index (χ0) is 15.8. The van der Waals surface area contributed by atoms with Crippen LogP contribution in [0.3, 0.4) is 0 Å². The van der Waals surface area contributed by atoms with E-state index in [9.17, 15) is 13.2 Å². The Morgan fingerprint density at radius 2 is 1.62 bits per heavy atom. The molecule has 1 atom stereocenters. The second-order valence-electron chi connectivity index (χ2n) is 4.27. The smallest absolute Gasteiger partial charge is 0.166 e. The maximum Gasteiger partial charge on any atom is 0.416 e. The highest BCUT2D eigenvalue weighted by Gasteiger charge is 2.31. The first kappa shape index (κ1) is 17.1. The first-order chi connectivity index (χ1) is 9.70. The molecule has 1 unspecified atom stereocenters. The van der Waals surface area contributed by atoms with E-state index >= 15 is 0 Å². The molecule has 7 heteroatoms. The average molecular weight is 463 g/mol. The number of benzene rings is 2. The minimum Gasteiger partial charge on any atom is -0.166 e. The second-order valence-corrected chi connectivity index (χ2v) is 6.85. The fourth-order valence-corrected chi connectivity index (χ4v) is 3.52. The number of rotatable bonds is 2. The summed E-state index contributed by atoms with van der Waals surface area (Å²) >= 11 is 18.5. The third-order valence-electron chi connectivity index (χ3n) is 2.83. The molecule has 0 amide bonds. The van der Waals surface area contributed by atoms with Gasteiger partial charge < -0.3 is 0 Å². The molecule has 0 aromatic heterocycles. The summed E-state index contributed by atoms with van der Waals surface area (Å²) in [6.07, 6.45) is -4.39. The highest BCUT2D eigenvalue weighted by Crippen LogP contribution is 2.40. The van der Waals surface area contributed by atoms with Crippen molar-refractivity contribution in [2.75, 3.05) is 0 Å². The van der Waals surface area contributed by atoms with Crippen molar-refractivity contribution in [1.29, 1.82) is 0 Å². The molecule has 0 N–H and O–H groups in total. The Morgan fingerprint density at radius 1 is 0.952 bits per heavy atom. The molecule has 0 aliphatic heterocycles. The molecule has 0 nitrogen and oxygen atoms in total. The summed E-state index contributed by atoms with van der Waals surface area (Å²) in [6, 6.07) is 8.45. The van der Waals surface area contributed by atoms with E-state index in [0.717, 1.165) is 12.1 Å². The molecule has 112 valence electrons. The van der Waals surface area contributed by atoms with Gasteiger partial charge in [0.1, 0.15) is 0 Å². The Balaban J connectivity index is 2.47. The third-order valence-corrected chi connectivity index (χ3v) is 5.32. The van der Waals surface area contributed by atoms with E-state index < -0.39 is 16.6 Å². The van der Waals surface area contributed by atoms with Crippen molar-refractivity contribution in [3.05, 3.63) is 67.6 Å². The van der Waals surface area contributed by atoms with E-state index in [0.29, 0.717) is 25.6 Å². The van der Waals surface area contributed by atoms with E-state index in [2.05, 4.69) is 31.9 Å². The van der Waals surface area contributed by atoms with Gasteiger partial charge in [-0.3, -0.25) is 0 Å². The topological polar surface area (TPSA) is 0 Å². The van der Waals surface area contributed by atoms with Crippen LogP contribution in [-0.2, 0) is 6.18 Å².